The van der Waals surface area contributed by atoms with Gasteiger partial charge in [0.15, 0.2) is 10.8 Å². The molecule has 2 aromatic rings. The Kier molecular flexibility index (Phi) is 2.36. The van der Waals surface area contributed by atoms with Gasteiger partial charge in [-0.25, -0.2) is 0 Å². The second-order valence-electron chi connectivity index (χ2n) is 2.39. The van der Waals surface area contributed by atoms with E-state index in [1.54, 1.807) is 16.7 Å². The molecule has 0 N–H and O–H groups in total. The highest BCUT2D eigenvalue weighted by Gasteiger charge is 2.08. The van der Waals surface area contributed by atoms with Crippen molar-refractivity contribution in [2.45, 2.75) is 5.16 Å². The summed E-state index contributed by atoms with van der Waals surface area (Å²) in [6.45, 7) is 0. The first-order chi connectivity index (χ1) is 6.22. The summed E-state index contributed by atoms with van der Waals surface area (Å²) >= 11 is 13.2. The topological polar surface area (TPSA) is 30.2 Å². The number of aromatic nitrogens is 3. The van der Waals surface area contributed by atoms with E-state index in [4.69, 9.17) is 23.2 Å². The highest BCUT2D eigenvalue weighted by atomic mass is 35.5. The average Bonchev–Trinajstić information content (AvgIpc) is 2.47. The van der Waals surface area contributed by atoms with Gasteiger partial charge >= 0.3 is 0 Å². The maximum absolute atomic E-state index is 5.92. The lowest BCUT2D eigenvalue weighted by Gasteiger charge is -1.98. The van der Waals surface area contributed by atoms with Crippen LogP contribution in [0, 0.1) is 0 Å². The Morgan fingerprint density at radius 2 is 2.15 bits per heavy atom. The monoisotopic (exact) mass is 233 g/mol. The van der Waals surface area contributed by atoms with E-state index in [0.29, 0.717) is 15.7 Å². The van der Waals surface area contributed by atoms with Crippen LogP contribution in [0.25, 0.3) is 5.65 Å². The lowest BCUT2D eigenvalue weighted by Crippen LogP contribution is -1.87. The quantitative estimate of drug-likeness (QED) is 0.710. The Morgan fingerprint density at radius 3 is 2.85 bits per heavy atom. The Balaban J connectivity index is 2.82. The van der Waals surface area contributed by atoms with Crippen LogP contribution in [0.1, 0.15) is 0 Å². The summed E-state index contributed by atoms with van der Waals surface area (Å²) in [6, 6.07) is 1.65. The van der Waals surface area contributed by atoms with Crippen molar-refractivity contribution < 1.29 is 0 Å². The third kappa shape index (κ3) is 1.49. The van der Waals surface area contributed by atoms with E-state index in [1.165, 1.54) is 11.8 Å². The number of pyridine rings is 1. The smallest absolute Gasteiger partial charge is 0.195 e. The van der Waals surface area contributed by atoms with Crippen LogP contribution in [0.2, 0.25) is 10.0 Å². The van der Waals surface area contributed by atoms with E-state index < -0.39 is 0 Å². The molecule has 6 heteroatoms. The van der Waals surface area contributed by atoms with Crippen molar-refractivity contribution >= 4 is 40.6 Å². The molecule has 0 aromatic carbocycles. The molecular formula is C7H5Cl2N3S. The molecule has 0 bridgehead atoms. The predicted octanol–water partition coefficient (Wildman–Crippen LogP) is 2.76. The van der Waals surface area contributed by atoms with Gasteiger partial charge in [0.25, 0.3) is 0 Å². The molecule has 68 valence electrons. The van der Waals surface area contributed by atoms with E-state index >= 15 is 0 Å². The van der Waals surface area contributed by atoms with E-state index in [1.807, 2.05) is 6.26 Å². The third-order valence-electron chi connectivity index (χ3n) is 1.58. The first kappa shape index (κ1) is 9.12. The summed E-state index contributed by atoms with van der Waals surface area (Å²) in [5.41, 5.74) is 0.635. The van der Waals surface area contributed by atoms with E-state index in [0.717, 1.165) is 5.16 Å². The number of nitrogens with zero attached hydrogens (tertiary/aromatic N) is 3. The summed E-state index contributed by atoms with van der Waals surface area (Å²) in [7, 11) is 0. The van der Waals surface area contributed by atoms with Crippen LogP contribution in [0.5, 0.6) is 0 Å². The van der Waals surface area contributed by atoms with Gasteiger partial charge in [0.05, 0.1) is 10.0 Å². The van der Waals surface area contributed by atoms with Gasteiger partial charge in [0.2, 0.25) is 0 Å². The summed E-state index contributed by atoms with van der Waals surface area (Å²) < 4.78 is 1.77. The Bertz CT molecular complexity index is 454. The molecule has 2 heterocycles. The average molecular weight is 234 g/mol. The number of hydrogen-bond donors (Lipinski definition) is 0. The van der Waals surface area contributed by atoms with Gasteiger partial charge in [0, 0.05) is 6.20 Å². The molecule has 0 aliphatic rings. The molecule has 0 radical (unpaired) electrons. The second kappa shape index (κ2) is 3.36. The molecule has 2 aromatic heterocycles. The largest absolute Gasteiger partial charge is 0.275 e. The fourth-order valence-electron chi connectivity index (χ4n) is 1.04. The summed E-state index contributed by atoms with van der Waals surface area (Å²) in [4.78, 5) is 0. The molecule has 0 amide bonds. The predicted molar refractivity (Wildman–Crippen MR) is 54.8 cm³/mol. The van der Waals surface area contributed by atoms with Crippen LogP contribution in [-0.4, -0.2) is 20.9 Å². The van der Waals surface area contributed by atoms with Crippen LogP contribution in [0.15, 0.2) is 17.4 Å². The van der Waals surface area contributed by atoms with Gasteiger partial charge in [-0.2, -0.15) is 0 Å². The minimum atomic E-state index is 0.514. The first-order valence-corrected chi connectivity index (χ1v) is 5.44. The van der Waals surface area contributed by atoms with Gasteiger partial charge in [-0.05, 0) is 12.3 Å². The Labute approximate surface area is 89.1 Å². The van der Waals surface area contributed by atoms with Crippen molar-refractivity contribution in [3.05, 3.63) is 22.3 Å². The number of hydrogen-bond acceptors (Lipinski definition) is 3. The van der Waals surface area contributed by atoms with Crippen molar-refractivity contribution in [3.8, 4) is 0 Å². The third-order valence-corrected chi connectivity index (χ3v) is 2.71. The number of fused-ring (bicyclic) bond motifs is 1. The van der Waals surface area contributed by atoms with Crippen molar-refractivity contribution in [2.24, 2.45) is 0 Å². The molecule has 0 spiro atoms. The standard InChI is InChI=1S/C7H5Cl2N3S/c1-13-7-11-10-6-5(9)2-4(8)3-12(6)7/h2-3H,1H3. The van der Waals surface area contributed by atoms with Gasteiger partial charge in [-0.15, -0.1) is 10.2 Å². The maximum atomic E-state index is 5.92. The SMILES string of the molecule is CSc1nnc2c(Cl)cc(Cl)cn12. The van der Waals surface area contributed by atoms with Crippen LogP contribution >= 0.6 is 35.0 Å². The molecule has 0 saturated carbocycles. The molecule has 3 nitrogen and oxygen atoms in total. The number of rotatable bonds is 1. The molecule has 0 aliphatic heterocycles. The normalized spacial score (nSPS) is 11.0. The van der Waals surface area contributed by atoms with Crippen molar-refractivity contribution in [1.29, 1.82) is 0 Å². The van der Waals surface area contributed by atoms with E-state index in [2.05, 4.69) is 10.2 Å². The van der Waals surface area contributed by atoms with Crippen LogP contribution < -0.4 is 0 Å². The summed E-state index contributed by atoms with van der Waals surface area (Å²) in [5, 5.41) is 9.75. The van der Waals surface area contributed by atoms with Crippen molar-refractivity contribution in [3.63, 3.8) is 0 Å². The number of halogens is 2. The molecule has 0 atom stereocenters. The molecule has 0 unspecified atom stereocenters. The number of thioether (sulfide) groups is 1. The highest BCUT2D eigenvalue weighted by molar-refractivity contribution is 7.98. The molecule has 0 fully saturated rings. The van der Waals surface area contributed by atoms with Crippen molar-refractivity contribution in [2.75, 3.05) is 6.26 Å². The molecular weight excluding hydrogens is 229 g/mol. The van der Waals surface area contributed by atoms with Crippen LogP contribution in [0.3, 0.4) is 0 Å². The zero-order valence-corrected chi connectivity index (χ0v) is 8.99. The lowest BCUT2D eigenvalue weighted by atomic mass is 10.5. The van der Waals surface area contributed by atoms with Gasteiger partial charge in [-0.3, -0.25) is 4.40 Å². The highest BCUT2D eigenvalue weighted by Crippen LogP contribution is 2.23. The second-order valence-corrected chi connectivity index (χ2v) is 4.00. The minimum absolute atomic E-state index is 0.514. The van der Waals surface area contributed by atoms with Gasteiger partial charge in [-0.1, -0.05) is 35.0 Å². The Hall–Kier alpha value is -0.450. The van der Waals surface area contributed by atoms with Crippen molar-refractivity contribution in [1.82, 2.24) is 14.6 Å². The van der Waals surface area contributed by atoms with Crippen LogP contribution in [0.4, 0.5) is 0 Å². The fraction of sp³-hybridized carbons (Fsp3) is 0.143. The molecule has 13 heavy (non-hydrogen) atoms. The summed E-state index contributed by atoms with van der Waals surface area (Å²) in [6.07, 6.45) is 3.67. The minimum Gasteiger partial charge on any atom is -0.275 e. The van der Waals surface area contributed by atoms with E-state index in [9.17, 15) is 0 Å². The molecule has 2 rings (SSSR count). The zero-order chi connectivity index (χ0) is 9.42. The Morgan fingerprint density at radius 1 is 1.38 bits per heavy atom. The van der Waals surface area contributed by atoms with Crippen LogP contribution in [-0.2, 0) is 0 Å². The van der Waals surface area contributed by atoms with E-state index in [-0.39, 0.29) is 0 Å². The first-order valence-electron chi connectivity index (χ1n) is 3.46. The zero-order valence-electron chi connectivity index (χ0n) is 6.66. The van der Waals surface area contributed by atoms with Gasteiger partial charge in [0.1, 0.15) is 0 Å². The molecule has 0 aliphatic carbocycles. The lowest BCUT2D eigenvalue weighted by molar-refractivity contribution is 0.924. The fourth-order valence-corrected chi connectivity index (χ4v) is 2.01. The summed E-state index contributed by atoms with van der Waals surface area (Å²) in [5.74, 6) is 0. The van der Waals surface area contributed by atoms with Gasteiger partial charge < -0.3 is 0 Å². The maximum Gasteiger partial charge on any atom is 0.195 e. The molecule has 0 saturated heterocycles.